The summed E-state index contributed by atoms with van der Waals surface area (Å²) in [6.07, 6.45) is 0. The van der Waals surface area contributed by atoms with E-state index in [1.165, 1.54) is 4.88 Å². The Kier molecular flexibility index (Phi) is 3.86. The number of hydrogen-bond donors (Lipinski definition) is 1. The second kappa shape index (κ2) is 5.61. The molecule has 0 radical (unpaired) electrons. The maximum Gasteiger partial charge on any atom is 0.163 e. The SMILES string of the molecule is Clc1ccc(CNc2cc3c(cc2Br)OCCO3)s1. The highest BCUT2D eigenvalue weighted by Gasteiger charge is 2.14. The Morgan fingerprint density at radius 1 is 1.21 bits per heavy atom. The van der Waals surface area contributed by atoms with Crippen LogP contribution in [0.5, 0.6) is 11.5 Å². The third kappa shape index (κ3) is 2.99. The molecular weight excluding hydrogens is 350 g/mol. The zero-order valence-corrected chi connectivity index (χ0v) is 13.1. The number of thiophene rings is 1. The zero-order chi connectivity index (χ0) is 13.2. The number of ether oxygens (including phenoxy) is 2. The summed E-state index contributed by atoms with van der Waals surface area (Å²) >= 11 is 11.0. The van der Waals surface area contributed by atoms with Crippen LogP contribution < -0.4 is 14.8 Å². The summed E-state index contributed by atoms with van der Waals surface area (Å²) in [6, 6.07) is 7.81. The van der Waals surface area contributed by atoms with Gasteiger partial charge >= 0.3 is 0 Å². The Hall–Kier alpha value is -0.910. The molecule has 100 valence electrons. The fourth-order valence-electron chi connectivity index (χ4n) is 1.83. The second-order valence-electron chi connectivity index (χ2n) is 4.04. The molecule has 0 fully saturated rings. The molecule has 1 aliphatic heterocycles. The molecule has 0 atom stereocenters. The predicted octanol–water partition coefficient (Wildman–Crippen LogP) is 4.55. The van der Waals surface area contributed by atoms with Crippen molar-refractivity contribution < 1.29 is 9.47 Å². The van der Waals surface area contributed by atoms with Crippen molar-refractivity contribution in [3.63, 3.8) is 0 Å². The van der Waals surface area contributed by atoms with E-state index in [2.05, 4.69) is 21.2 Å². The number of halogens is 2. The van der Waals surface area contributed by atoms with Crippen molar-refractivity contribution in [3.8, 4) is 11.5 Å². The molecule has 2 heterocycles. The van der Waals surface area contributed by atoms with Crippen LogP contribution in [0, 0.1) is 0 Å². The van der Waals surface area contributed by atoms with E-state index < -0.39 is 0 Å². The van der Waals surface area contributed by atoms with E-state index in [1.807, 2.05) is 24.3 Å². The second-order valence-corrected chi connectivity index (χ2v) is 6.69. The Morgan fingerprint density at radius 3 is 2.63 bits per heavy atom. The highest BCUT2D eigenvalue weighted by molar-refractivity contribution is 9.10. The Bertz CT molecular complexity index is 602. The van der Waals surface area contributed by atoms with Crippen LogP contribution in [-0.4, -0.2) is 13.2 Å². The minimum atomic E-state index is 0.592. The minimum absolute atomic E-state index is 0.592. The molecule has 0 saturated carbocycles. The third-order valence-electron chi connectivity index (χ3n) is 2.71. The van der Waals surface area contributed by atoms with E-state index >= 15 is 0 Å². The minimum Gasteiger partial charge on any atom is -0.486 e. The topological polar surface area (TPSA) is 30.5 Å². The number of nitrogens with one attached hydrogen (secondary N) is 1. The van der Waals surface area contributed by atoms with Crippen LogP contribution in [0.4, 0.5) is 5.69 Å². The van der Waals surface area contributed by atoms with Crippen molar-refractivity contribution in [3.05, 3.63) is 38.0 Å². The van der Waals surface area contributed by atoms with Crippen LogP contribution in [0.15, 0.2) is 28.7 Å². The highest BCUT2D eigenvalue weighted by atomic mass is 79.9. The van der Waals surface area contributed by atoms with Crippen LogP contribution in [0.3, 0.4) is 0 Å². The molecule has 1 aromatic carbocycles. The van der Waals surface area contributed by atoms with Gasteiger partial charge in [0.2, 0.25) is 0 Å². The largest absolute Gasteiger partial charge is 0.486 e. The van der Waals surface area contributed by atoms with Gasteiger partial charge in [-0.05, 0) is 28.1 Å². The Labute approximate surface area is 128 Å². The molecule has 1 aliphatic rings. The summed E-state index contributed by atoms with van der Waals surface area (Å²) < 4.78 is 12.9. The average molecular weight is 361 g/mol. The quantitative estimate of drug-likeness (QED) is 0.871. The maximum absolute atomic E-state index is 5.91. The van der Waals surface area contributed by atoms with Gasteiger partial charge in [0, 0.05) is 28.0 Å². The lowest BCUT2D eigenvalue weighted by Gasteiger charge is -2.20. The van der Waals surface area contributed by atoms with Gasteiger partial charge in [-0.3, -0.25) is 0 Å². The zero-order valence-electron chi connectivity index (χ0n) is 9.91. The van der Waals surface area contributed by atoms with Crippen molar-refractivity contribution in [2.75, 3.05) is 18.5 Å². The van der Waals surface area contributed by atoms with E-state index in [9.17, 15) is 0 Å². The molecule has 6 heteroatoms. The summed E-state index contributed by atoms with van der Waals surface area (Å²) in [4.78, 5) is 1.19. The Morgan fingerprint density at radius 2 is 1.95 bits per heavy atom. The third-order valence-corrected chi connectivity index (χ3v) is 4.60. The number of rotatable bonds is 3. The van der Waals surface area contributed by atoms with E-state index in [-0.39, 0.29) is 0 Å². The van der Waals surface area contributed by atoms with Crippen LogP contribution in [0.2, 0.25) is 4.34 Å². The fraction of sp³-hybridized carbons (Fsp3) is 0.231. The first-order valence-corrected chi connectivity index (χ1v) is 7.78. The van der Waals surface area contributed by atoms with Crippen LogP contribution in [0.1, 0.15) is 4.88 Å². The standard InChI is InChI=1S/C13H11BrClNO2S/c14-9-5-11-12(18-4-3-17-11)6-10(9)16-7-8-1-2-13(15)19-8/h1-2,5-6,16H,3-4,7H2. The van der Waals surface area contributed by atoms with Gasteiger partial charge in [-0.1, -0.05) is 11.6 Å². The smallest absolute Gasteiger partial charge is 0.163 e. The molecule has 1 aromatic heterocycles. The van der Waals surface area contributed by atoms with Gasteiger partial charge in [0.05, 0.1) is 10.0 Å². The van der Waals surface area contributed by atoms with E-state index in [4.69, 9.17) is 21.1 Å². The molecule has 1 N–H and O–H groups in total. The van der Waals surface area contributed by atoms with Crippen molar-refractivity contribution in [2.24, 2.45) is 0 Å². The van der Waals surface area contributed by atoms with Gasteiger partial charge in [-0.2, -0.15) is 0 Å². The lowest BCUT2D eigenvalue weighted by atomic mass is 10.2. The molecule has 3 nitrogen and oxygen atoms in total. The fourth-order valence-corrected chi connectivity index (χ4v) is 3.32. The van der Waals surface area contributed by atoms with E-state index in [0.717, 1.165) is 32.5 Å². The molecule has 0 bridgehead atoms. The van der Waals surface area contributed by atoms with Gasteiger partial charge in [0.1, 0.15) is 13.2 Å². The van der Waals surface area contributed by atoms with Crippen molar-refractivity contribution in [1.82, 2.24) is 0 Å². The predicted molar refractivity (Wildman–Crippen MR) is 81.8 cm³/mol. The van der Waals surface area contributed by atoms with Gasteiger partial charge in [-0.15, -0.1) is 11.3 Å². The van der Waals surface area contributed by atoms with E-state index in [1.54, 1.807) is 11.3 Å². The first-order chi connectivity index (χ1) is 9.22. The number of benzene rings is 1. The monoisotopic (exact) mass is 359 g/mol. The lowest BCUT2D eigenvalue weighted by molar-refractivity contribution is 0.171. The van der Waals surface area contributed by atoms with Gasteiger partial charge in [-0.25, -0.2) is 0 Å². The molecule has 0 saturated heterocycles. The van der Waals surface area contributed by atoms with Gasteiger partial charge in [0.25, 0.3) is 0 Å². The highest BCUT2D eigenvalue weighted by Crippen LogP contribution is 2.38. The molecule has 2 aromatic rings. The summed E-state index contributed by atoms with van der Waals surface area (Å²) in [6.45, 7) is 1.92. The molecule has 19 heavy (non-hydrogen) atoms. The molecule has 0 aliphatic carbocycles. The summed E-state index contributed by atoms with van der Waals surface area (Å²) in [7, 11) is 0. The summed E-state index contributed by atoms with van der Waals surface area (Å²) in [5.41, 5.74) is 0.980. The van der Waals surface area contributed by atoms with Crippen LogP contribution >= 0.6 is 38.9 Å². The van der Waals surface area contributed by atoms with Crippen LogP contribution in [-0.2, 0) is 6.54 Å². The molecular formula is C13H11BrClNO2S. The lowest BCUT2D eigenvalue weighted by Crippen LogP contribution is -2.15. The average Bonchev–Trinajstić information content (AvgIpc) is 2.82. The van der Waals surface area contributed by atoms with Gasteiger partial charge < -0.3 is 14.8 Å². The molecule has 0 unspecified atom stereocenters. The molecule has 0 spiro atoms. The maximum atomic E-state index is 5.91. The summed E-state index contributed by atoms with van der Waals surface area (Å²) in [5, 5.41) is 3.36. The van der Waals surface area contributed by atoms with Crippen LogP contribution in [0.25, 0.3) is 0 Å². The van der Waals surface area contributed by atoms with Crippen molar-refractivity contribution in [1.29, 1.82) is 0 Å². The molecule has 0 amide bonds. The Balaban J connectivity index is 1.77. The number of anilines is 1. The molecule has 3 rings (SSSR count). The number of fused-ring (bicyclic) bond motifs is 1. The normalized spacial score (nSPS) is 13.4. The first-order valence-electron chi connectivity index (χ1n) is 5.79. The van der Waals surface area contributed by atoms with Gasteiger partial charge in [0.15, 0.2) is 11.5 Å². The first kappa shape index (κ1) is 13.1. The van der Waals surface area contributed by atoms with Crippen molar-refractivity contribution >= 4 is 44.6 Å². The summed E-state index contributed by atoms with van der Waals surface area (Å²) in [5.74, 6) is 1.56. The van der Waals surface area contributed by atoms with E-state index in [0.29, 0.717) is 13.2 Å². The number of hydrogen-bond acceptors (Lipinski definition) is 4. The van der Waals surface area contributed by atoms with Crippen molar-refractivity contribution in [2.45, 2.75) is 6.54 Å².